The second kappa shape index (κ2) is 10.0. The summed E-state index contributed by atoms with van der Waals surface area (Å²) in [6.07, 6.45) is 5.69. The van der Waals surface area contributed by atoms with Crippen molar-refractivity contribution < 1.29 is 4.79 Å². The summed E-state index contributed by atoms with van der Waals surface area (Å²) in [4.78, 5) is 22.0. The quantitative estimate of drug-likeness (QED) is 0.335. The predicted octanol–water partition coefficient (Wildman–Crippen LogP) is 5.74. The minimum absolute atomic E-state index is 0.0232. The van der Waals surface area contributed by atoms with Crippen LogP contribution in [0.5, 0.6) is 0 Å². The Morgan fingerprint density at radius 3 is 2.63 bits per heavy atom. The highest BCUT2D eigenvalue weighted by Gasteiger charge is 2.38. The molecule has 6 heteroatoms. The van der Waals surface area contributed by atoms with Gasteiger partial charge >= 0.3 is 6.03 Å². The molecule has 2 heterocycles. The van der Waals surface area contributed by atoms with Crippen molar-refractivity contribution in [3.05, 3.63) is 102 Å². The average molecular weight is 464 g/mol. The molecule has 0 spiro atoms. The highest BCUT2D eigenvalue weighted by Crippen LogP contribution is 2.35. The van der Waals surface area contributed by atoms with Crippen LogP contribution in [0.3, 0.4) is 0 Å². The maximum atomic E-state index is 13.6. The zero-order chi connectivity index (χ0) is 24.2. The number of benzene rings is 3. The van der Waals surface area contributed by atoms with Crippen LogP contribution >= 0.6 is 0 Å². The fraction of sp³-hybridized carbons (Fsp3) is 0.276. The van der Waals surface area contributed by atoms with Crippen molar-refractivity contribution in [3.63, 3.8) is 0 Å². The fourth-order valence-electron chi connectivity index (χ4n) is 4.92. The summed E-state index contributed by atoms with van der Waals surface area (Å²) in [6, 6.07) is 24.7. The average Bonchev–Trinajstić information content (AvgIpc) is 3.46. The lowest BCUT2D eigenvalue weighted by molar-refractivity contribution is 0.184. The minimum atomic E-state index is 0.0232. The van der Waals surface area contributed by atoms with Crippen molar-refractivity contribution in [2.45, 2.75) is 38.9 Å². The number of hydrogen-bond donors (Lipinski definition) is 0. The standard InChI is InChI=1S/C29H29N5O/c1-2-3-15-34-28(27-10-6-8-24-7-4-5-9-26(24)27)20-32(29(34)35)19-25-17-31-21-33(25)18-23-13-11-22(16-30)12-14-23/h4-14,17,21,28H,2-3,15,18-20H2,1H3. The Morgan fingerprint density at radius 1 is 1.03 bits per heavy atom. The Hall–Kier alpha value is -4.11. The first-order valence-corrected chi connectivity index (χ1v) is 12.2. The number of carbonyl (C=O) groups excluding carboxylic acids is 1. The van der Waals surface area contributed by atoms with Crippen molar-refractivity contribution in [1.82, 2.24) is 19.4 Å². The summed E-state index contributed by atoms with van der Waals surface area (Å²) >= 11 is 0. The van der Waals surface area contributed by atoms with Crippen LogP contribution in [0, 0.1) is 11.3 Å². The van der Waals surface area contributed by atoms with Gasteiger partial charge in [-0.1, -0.05) is 67.9 Å². The Morgan fingerprint density at radius 2 is 1.83 bits per heavy atom. The second-order valence-electron chi connectivity index (χ2n) is 9.12. The second-order valence-corrected chi connectivity index (χ2v) is 9.12. The first kappa shape index (κ1) is 22.7. The number of urea groups is 1. The fourth-order valence-corrected chi connectivity index (χ4v) is 4.92. The van der Waals surface area contributed by atoms with E-state index in [9.17, 15) is 4.79 Å². The van der Waals surface area contributed by atoms with Gasteiger partial charge in [0.25, 0.3) is 0 Å². The minimum Gasteiger partial charge on any atom is -0.329 e. The molecule has 1 fully saturated rings. The van der Waals surface area contributed by atoms with E-state index in [-0.39, 0.29) is 12.1 Å². The van der Waals surface area contributed by atoms with E-state index in [0.29, 0.717) is 25.2 Å². The number of nitriles is 1. The number of imidazole rings is 1. The van der Waals surface area contributed by atoms with Crippen LogP contribution in [0.2, 0.25) is 0 Å². The van der Waals surface area contributed by atoms with Crippen LogP contribution in [0.1, 0.15) is 48.2 Å². The molecule has 0 aliphatic carbocycles. The predicted molar refractivity (Wildman–Crippen MR) is 137 cm³/mol. The molecule has 1 aromatic heterocycles. The van der Waals surface area contributed by atoms with E-state index < -0.39 is 0 Å². The van der Waals surface area contributed by atoms with Crippen LogP contribution in [0.15, 0.2) is 79.3 Å². The van der Waals surface area contributed by atoms with E-state index >= 15 is 0 Å². The van der Waals surface area contributed by atoms with E-state index in [1.54, 1.807) is 0 Å². The smallest absolute Gasteiger partial charge is 0.321 e. The number of aromatic nitrogens is 2. The monoisotopic (exact) mass is 463 g/mol. The summed E-state index contributed by atoms with van der Waals surface area (Å²) in [6.45, 7) is 4.73. The van der Waals surface area contributed by atoms with Crippen LogP contribution in [-0.4, -0.2) is 38.5 Å². The first-order valence-electron chi connectivity index (χ1n) is 12.2. The van der Waals surface area contributed by atoms with Crippen molar-refractivity contribution in [2.24, 2.45) is 0 Å². The van der Waals surface area contributed by atoms with E-state index in [0.717, 1.165) is 30.6 Å². The van der Waals surface area contributed by atoms with Crippen molar-refractivity contribution in [2.75, 3.05) is 13.1 Å². The normalized spacial score (nSPS) is 15.7. The van der Waals surface area contributed by atoms with E-state index in [1.165, 1.54) is 16.3 Å². The Kier molecular flexibility index (Phi) is 6.49. The van der Waals surface area contributed by atoms with Gasteiger partial charge in [-0.2, -0.15) is 5.26 Å². The summed E-state index contributed by atoms with van der Waals surface area (Å²) in [5.74, 6) is 0. The SMILES string of the molecule is CCCCN1C(=O)N(Cc2cncn2Cc2ccc(C#N)cc2)CC1c1cccc2ccccc12. The highest BCUT2D eigenvalue weighted by atomic mass is 16.2. The molecular formula is C29H29N5O. The van der Waals surface area contributed by atoms with Crippen LogP contribution in [-0.2, 0) is 13.1 Å². The van der Waals surface area contributed by atoms with Gasteiger partial charge in [0.15, 0.2) is 0 Å². The van der Waals surface area contributed by atoms with Gasteiger partial charge in [0.1, 0.15) is 0 Å². The lowest BCUT2D eigenvalue weighted by Gasteiger charge is -2.24. The zero-order valence-electron chi connectivity index (χ0n) is 20.0. The summed E-state index contributed by atoms with van der Waals surface area (Å²) in [7, 11) is 0. The van der Waals surface area contributed by atoms with Crippen molar-refractivity contribution in [1.29, 1.82) is 5.26 Å². The molecule has 0 bridgehead atoms. The first-order chi connectivity index (χ1) is 17.2. The molecule has 5 rings (SSSR count). The molecule has 1 aliphatic heterocycles. The largest absolute Gasteiger partial charge is 0.329 e. The number of unbranched alkanes of at least 4 members (excludes halogenated alkanes) is 1. The third-order valence-electron chi connectivity index (χ3n) is 6.81. The third kappa shape index (κ3) is 4.63. The molecule has 1 atom stereocenters. The van der Waals surface area contributed by atoms with Gasteiger partial charge in [0.05, 0.1) is 36.2 Å². The van der Waals surface area contributed by atoms with Crippen molar-refractivity contribution >= 4 is 16.8 Å². The summed E-state index contributed by atoms with van der Waals surface area (Å²) in [5, 5.41) is 11.5. The molecule has 0 radical (unpaired) electrons. The molecule has 1 aliphatic rings. The molecule has 1 unspecified atom stereocenters. The molecule has 0 saturated carbocycles. The van der Waals surface area contributed by atoms with Crippen LogP contribution < -0.4 is 0 Å². The van der Waals surface area contributed by atoms with Gasteiger partial charge in [-0.15, -0.1) is 0 Å². The summed E-state index contributed by atoms with van der Waals surface area (Å²) in [5.41, 5.74) is 3.95. The zero-order valence-corrected chi connectivity index (χ0v) is 20.0. The van der Waals surface area contributed by atoms with Gasteiger partial charge in [-0.05, 0) is 40.5 Å². The third-order valence-corrected chi connectivity index (χ3v) is 6.81. The number of nitrogens with zero attached hydrogens (tertiary/aromatic N) is 5. The topological polar surface area (TPSA) is 65.2 Å². The molecule has 4 aromatic rings. The highest BCUT2D eigenvalue weighted by molar-refractivity contribution is 5.87. The Bertz CT molecular complexity index is 1360. The van der Waals surface area contributed by atoms with Crippen LogP contribution in [0.4, 0.5) is 4.79 Å². The van der Waals surface area contributed by atoms with Gasteiger partial charge in [0.2, 0.25) is 0 Å². The van der Waals surface area contributed by atoms with Gasteiger partial charge in [0, 0.05) is 25.8 Å². The lowest BCUT2D eigenvalue weighted by atomic mass is 9.98. The van der Waals surface area contributed by atoms with E-state index in [1.807, 2.05) is 46.6 Å². The van der Waals surface area contributed by atoms with Gasteiger partial charge in [-0.3, -0.25) is 0 Å². The Balaban J connectivity index is 1.40. The molecule has 1 saturated heterocycles. The van der Waals surface area contributed by atoms with Gasteiger partial charge < -0.3 is 14.4 Å². The molecule has 6 nitrogen and oxygen atoms in total. The number of carbonyl (C=O) groups is 1. The molecular weight excluding hydrogens is 434 g/mol. The number of fused-ring (bicyclic) bond motifs is 1. The van der Waals surface area contributed by atoms with Gasteiger partial charge in [-0.25, -0.2) is 9.78 Å². The maximum Gasteiger partial charge on any atom is 0.321 e. The van der Waals surface area contributed by atoms with Crippen molar-refractivity contribution in [3.8, 4) is 6.07 Å². The molecule has 3 aromatic carbocycles. The van der Waals surface area contributed by atoms with Crippen LogP contribution in [0.25, 0.3) is 10.8 Å². The van der Waals surface area contributed by atoms with E-state index in [2.05, 4.69) is 65.0 Å². The van der Waals surface area contributed by atoms with E-state index in [4.69, 9.17) is 5.26 Å². The Labute approximate surface area is 206 Å². The number of amides is 2. The number of hydrogen-bond acceptors (Lipinski definition) is 3. The maximum absolute atomic E-state index is 13.6. The number of rotatable bonds is 8. The molecule has 176 valence electrons. The lowest BCUT2D eigenvalue weighted by Crippen LogP contribution is -2.33. The molecule has 2 amide bonds. The molecule has 35 heavy (non-hydrogen) atoms. The summed E-state index contributed by atoms with van der Waals surface area (Å²) < 4.78 is 2.08. The molecule has 0 N–H and O–H groups in total.